The van der Waals surface area contributed by atoms with Crippen LogP contribution in [-0.4, -0.2) is 38.4 Å². The van der Waals surface area contributed by atoms with Crippen molar-refractivity contribution < 1.29 is 19.0 Å². The van der Waals surface area contributed by atoms with Crippen molar-refractivity contribution in [3.05, 3.63) is 70.8 Å². The molecule has 2 aromatic carbocycles. The van der Waals surface area contributed by atoms with Crippen LogP contribution in [0.15, 0.2) is 48.5 Å². The zero-order valence-electron chi connectivity index (χ0n) is 22.8. The Labute approximate surface area is 217 Å². The second-order valence-corrected chi connectivity index (χ2v) is 10.6. The third-order valence-electron chi connectivity index (χ3n) is 6.92. The molecule has 0 heterocycles. The van der Waals surface area contributed by atoms with Crippen molar-refractivity contribution in [2.45, 2.75) is 65.5 Å². The summed E-state index contributed by atoms with van der Waals surface area (Å²) in [7, 11) is 1.63. The van der Waals surface area contributed by atoms with Gasteiger partial charge in [0.05, 0.1) is 26.4 Å². The van der Waals surface area contributed by atoms with Gasteiger partial charge in [0.25, 0.3) is 0 Å². The smallest absolute Gasteiger partial charge is 0.330 e. The minimum atomic E-state index is -0.369. The number of methoxy groups -OCH3 is 1. The van der Waals surface area contributed by atoms with Crippen LogP contribution in [0.5, 0.6) is 5.75 Å². The van der Waals surface area contributed by atoms with E-state index in [1.54, 1.807) is 20.1 Å². The van der Waals surface area contributed by atoms with Crippen molar-refractivity contribution in [3.63, 3.8) is 0 Å². The zero-order valence-corrected chi connectivity index (χ0v) is 22.8. The van der Waals surface area contributed by atoms with Gasteiger partial charge in [-0.05, 0) is 87.6 Å². The molecule has 0 radical (unpaired) electrons. The fraction of sp³-hybridized carbons (Fsp3) is 0.516. The number of rotatable bonds is 13. The molecular weight excluding hydrogens is 450 g/mol. The predicted molar refractivity (Wildman–Crippen MR) is 146 cm³/mol. The number of ether oxygens (including phenoxy) is 3. The number of carbonyl (C=O) groups is 1. The molecule has 0 aliphatic heterocycles. The van der Waals surface area contributed by atoms with Crippen LogP contribution < -0.4 is 10.1 Å². The number of hydrogen-bond donors (Lipinski definition) is 1. The molecule has 2 atom stereocenters. The molecule has 1 aliphatic carbocycles. The van der Waals surface area contributed by atoms with Gasteiger partial charge >= 0.3 is 5.97 Å². The van der Waals surface area contributed by atoms with Crippen LogP contribution >= 0.6 is 0 Å². The molecule has 36 heavy (non-hydrogen) atoms. The quantitative estimate of drug-likeness (QED) is 0.268. The molecule has 0 fully saturated rings. The predicted octanol–water partition coefficient (Wildman–Crippen LogP) is 6.16. The first-order valence-corrected chi connectivity index (χ1v) is 13.2. The molecule has 5 nitrogen and oxygen atoms in total. The van der Waals surface area contributed by atoms with Crippen LogP contribution in [0.4, 0.5) is 0 Å². The molecule has 0 spiro atoms. The number of fused-ring (bicyclic) bond motifs is 1. The molecule has 0 aromatic heterocycles. The van der Waals surface area contributed by atoms with Crippen LogP contribution in [0.25, 0.3) is 6.08 Å². The molecule has 0 saturated heterocycles. The number of carbonyl (C=O) groups excluding carboxylic acids is 1. The summed E-state index contributed by atoms with van der Waals surface area (Å²) in [6, 6.07) is 14.7. The van der Waals surface area contributed by atoms with Gasteiger partial charge in [-0.25, -0.2) is 4.79 Å². The second kappa shape index (κ2) is 13.1. The summed E-state index contributed by atoms with van der Waals surface area (Å²) in [5, 5.41) is 3.79. The molecule has 3 rings (SSSR count). The van der Waals surface area contributed by atoms with E-state index in [0.717, 1.165) is 24.1 Å². The van der Waals surface area contributed by atoms with Gasteiger partial charge in [-0.1, -0.05) is 43.3 Å². The number of hydrogen-bond acceptors (Lipinski definition) is 5. The summed E-state index contributed by atoms with van der Waals surface area (Å²) < 4.78 is 16.8. The van der Waals surface area contributed by atoms with Crippen LogP contribution in [0, 0.1) is 11.8 Å². The summed E-state index contributed by atoms with van der Waals surface area (Å²) in [5.74, 6) is 1.39. The van der Waals surface area contributed by atoms with E-state index >= 15 is 0 Å². The molecule has 0 amide bonds. The van der Waals surface area contributed by atoms with Crippen molar-refractivity contribution >= 4 is 12.0 Å². The molecule has 0 bridgehead atoms. The fourth-order valence-corrected chi connectivity index (χ4v) is 5.11. The monoisotopic (exact) mass is 493 g/mol. The molecule has 2 aromatic rings. The van der Waals surface area contributed by atoms with Gasteiger partial charge in [-0.2, -0.15) is 0 Å². The standard InChI is InChI=1S/C31H43NO4/c1-7-35-30(33)16-15-28-27(13-10-14-29(28)34-6)23(3)36-21-22(2)20-32-31(4,5)19-24-17-25-11-8-9-12-26(25)18-24/h8-16,22-24,32H,7,17-21H2,1-6H3/b16-15+/t22-,23-/m1/s1. The first-order valence-electron chi connectivity index (χ1n) is 13.2. The van der Waals surface area contributed by atoms with Crippen molar-refractivity contribution in [1.29, 1.82) is 0 Å². The van der Waals surface area contributed by atoms with E-state index in [1.165, 1.54) is 30.0 Å². The van der Waals surface area contributed by atoms with Crippen LogP contribution in [0.2, 0.25) is 0 Å². The van der Waals surface area contributed by atoms with Crippen LogP contribution in [0.3, 0.4) is 0 Å². The maximum atomic E-state index is 11.8. The first kappa shape index (κ1) is 27.9. The third kappa shape index (κ3) is 7.94. The van der Waals surface area contributed by atoms with E-state index in [0.29, 0.717) is 30.8 Å². The molecule has 0 saturated carbocycles. The largest absolute Gasteiger partial charge is 0.496 e. The minimum absolute atomic E-state index is 0.0739. The number of nitrogens with one attached hydrogen (secondary N) is 1. The van der Waals surface area contributed by atoms with Gasteiger partial charge in [-0.3, -0.25) is 0 Å². The number of benzene rings is 2. The summed E-state index contributed by atoms with van der Waals surface area (Å²) >= 11 is 0. The fourth-order valence-electron chi connectivity index (χ4n) is 5.11. The lowest BCUT2D eigenvalue weighted by Gasteiger charge is -2.31. The van der Waals surface area contributed by atoms with Gasteiger partial charge in [-0.15, -0.1) is 0 Å². The average Bonchev–Trinajstić information content (AvgIpc) is 3.26. The Balaban J connectivity index is 1.51. The summed E-state index contributed by atoms with van der Waals surface area (Å²) in [4.78, 5) is 11.8. The highest BCUT2D eigenvalue weighted by Crippen LogP contribution is 2.32. The minimum Gasteiger partial charge on any atom is -0.496 e. The van der Waals surface area contributed by atoms with Gasteiger partial charge < -0.3 is 19.5 Å². The first-order chi connectivity index (χ1) is 17.2. The molecule has 1 N–H and O–H groups in total. The highest BCUT2D eigenvalue weighted by molar-refractivity contribution is 5.88. The Morgan fingerprint density at radius 2 is 1.81 bits per heavy atom. The third-order valence-corrected chi connectivity index (χ3v) is 6.92. The second-order valence-electron chi connectivity index (χ2n) is 10.6. The summed E-state index contributed by atoms with van der Waals surface area (Å²) in [6.07, 6.45) is 6.58. The van der Waals surface area contributed by atoms with Gasteiger partial charge in [0.15, 0.2) is 0 Å². The molecule has 1 aliphatic rings. The maximum Gasteiger partial charge on any atom is 0.330 e. The lowest BCUT2D eigenvalue weighted by molar-refractivity contribution is -0.137. The van der Waals surface area contributed by atoms with Crippen molar-refractivity contribution in [1.82, 2.24) is 5.32 Å². The molecule has 0 unspecified atom stereocenters. The van der Waals surface area contributed by atoms with Crippen molar-refractivity contribution in [2.75, 3.05) is 26.9 Å². The van der Waals surface area contributed by atoms with Crippen molar-refractivity contribution in [2.24, 2.45) is 11.8 Å². The summed E-state index contributed by atoms with van der Waals surface area (Å²) in [5.41, 5.74) is 4.93. The lowest BCUT2D eigenvalue weighted by Crippen LogP contribution is -2.43. The maximum absolute atomic E-state index is 11.8. The number of esters is 1. The van der Waals surface area contributed by atoms with E-state index in [9.17, 15) is 4.79 Å². The Morgan fingerprint density at radius 1 is 1.11 bits per heavy atom. The zero-order chi connectivity index (χ0) is 26.1. The summed E-state index contributed by atoms with van der Waals surface area (Å²) in [6.45, 7) is 12.5. The van der Waals surface area contributed by atoms with E-state index in [2.05, 4.69) is 50.4 Å². The van der Waals surface area contributed by atoms with Crippen LogP contribution in [-0.2, 0) is 27.1 Å². The van der Waals surface area contributed by atoms with Gasteiger partial charge in [0, 0.05) is 23.7 Å². The van der Waals surface area contributed by atoms with Gasteiger partial charge in [0.1, 0.15) is 5.75 Å². The Bertz CT molecular complexity index is 1000. The Kier molecular flexibility index (Phi) is 10.1. The SMILES string of the molecule is CCOC(=O)/C=C/c1c(OC)cccc1[C@@H](C)OC[C@H](C)CNC(C)(C)CC1Cc2ccccc2C1. The van der Waals surface area contributed by atoms with Crippen molar-refractivity contribution in [3.8, 4) is 5.75 Å². The Morgan fingerprint density at radius 3 is 2.44 bits per heavy atom. The van der Waals surface area contributed by atoms with E-state index in [-0.39, 0.29) is 17.6 Å². The van der Waals surface area contributed by atoms with E-state index in [1.807, 2.05) is 25.1 Å². The molecular formula is C31H43NO4. The van der Waals surface area contributed by atoms with E-state index in [4.69, 9.17) is 14.2 Å². The highest BCUT2D eigenvalue weighted by Gasteiger charge is 2.28. The van der Waals surface area contributed by atoms with E-state index < -0.39 is 0 Å². The Hall–Kier alpha value is -2.63. The molecule has 5 heteroatoms. The average molecular weight is 494 g/mol. The van der Waals surface area contributed by atoms with Gasteiger partial charge in [0.2, 0.25) is 0 Å². The normalized spacial score (nSPS) is 15.6. The highest BCUT2D eigenvalue weighted by atomic mass is 16.5. The lowest BCUT2D eigenvalue weighted by atomic mass is 9.88. The molecule has 196 valence electrons. The topological polar surface area (TPSA) is 56.8 Å². The van der Waals surface area contributed by atoms with Crippen LogP contribution in [0.1, 0.15) is 69.4 Å².